The van der Waals surface area contributed by atoms with E-state index in [2.05, 4.69) is 19.2 Å². The molecule has 1 saturated heterocycles. The van der Waals surface area contributed by atoms with Gasteiger partial charge in [-0.1, -0.05) is 13.8 Å². The van der Waals surface area contributed by atoms with E-state index >= 15 is 0 Å². The summed E-state index contributed by atoms with van der Waals surface area (Å²) in [6.07, 6.45) is 2.06. The van der Waals surface area contributed by atoms with Gasteiger partial charge in [0.25, 0.3) is 5.69 Å². The van der Waals surface area contributed by atoms with Gasteiger partial charge >= 0.3 is 0 Å². The average molecular weight is 371 g/mol. The molecule has 1 aromatic carbocycles. The van der Waals surface area contributed by atoms with E-state index in [-0.39, 0.29) is 35.5 Å². The predicted molar refractivity (Wildman–Crippen MR) is 101 cm³/mol. The van der Waals surface area contributed by atoms with Crippen LogP contribution in [-0.2, 0) is 4.79 Å². The number of rotatable bonds is 6. The van der Waals surface area contributed by atoms with E-state index in [1.165, 1.54) is 12.1 Å². The highest BCUT2D eigenvalue weighted by atomic mass is 35.5. The van der Waals surface area contributed by atoms with Crippen LogP contribution in [0.5, 0.6) is 0 Å². The fourth-order valence-electron chi connectivity index (χ4n) is 2.92. The molecule has 8 heteroatoms. The number of nitro groups is 1. The van der Waals surface area contributed by atoms with E-state index in [9.17, 15) is 14.9 Å². The minimum absolute atomic E-state index is 0. The van der Waals surface area contributed by atoms with Crippen molar-refractivity contribution in [3.63, 3.8) is 0 Å². The summed E-state index contributed by atoms with van der Waals surface area (Å²) < 4.78 is 0. The Morgan fingerprint density at radius 2 is 2.04 bits per heavy atom. The largest absolute Gasteiger partial charge is 0.385 e. The molecule has 1 amide bonds. The fraction of sp³-hybridized carbons (Fsp3) is 0.588. The van der Waals surface area contributed by atoms with Crippen LogP contribution >= 0.6 is 12.4 Å². The van der Waals surface area contributed by atoms with Crippen LogP contribution in [0, 0.1) is 15.5 Å². The van der Waals surface area contributed by atoms with E-state index < -0.39 is 4.92 Å². The smallest absolute Gasteiger partial charge is 0.269 e. The average Bonchev–Trinajstić information content (AvgIpc) is 2.54. The van der Waals surface area contributed by atoms with Crippen LogP contribution in [0.1, 0.15) is 33.1 Å². The maximum absolute atomic E-state index is 12.3. The van der Waals surface area contributed by atoms with Gasteiger partial charge in [-0.2, -0.15) is 0 Å². The second-order valence-electron chi connectivity index (χ2n) is 7.03. The molecule has 1 unspecified atom stereocenters. The van der Waals surface area contributed by atoms with Crippen molar-refractivity contribution in [1.29, 1.82) is 0 Å². The molecule has 1 fully saturated rings. The van der Waals surface area contributed by atoms with Crippen LogP contribution in [0.15, 0.2) is 24.3 Å². The lowest BCUT2D eigenvalue weighted by atomic mass is 9.79. The summed E-state index contributed by atoms with van der Waals surface area (Å²) in [6.45, 7) is 6.31. The maximum atomic E-state index is 12.3. The topological polar surface area (TPSA) is 102 Å². The highest BCUT2D eigenvalue weighted by molar-refractivity contribution is 5.85. The molecule has 1 atom stereocenters. The van der Waals surface area contributed by atoms with Crippen LogP contribution in [0.2, 0.25) is 0 Å². The quantitative estimate of drug-likeness (QED) is 0.455. The van der Waals surface area contributed by atoms with Gasteiger partial charge < -0.3 is 16.0 Å². The normalized spacial score (nSPS) is 19.0. The first-order valence-corrected chi connectivity index (χ1v) is 8.31. The first kappa shape index (κ1) is 21.2. The molecule has 0 radical (unpaired) electrons. The Bertz CT molecular complexity index is 592. The molecule has 0 saturated carbocycles. The lowest BCUT2D eigenvalue weighted by Gasteiger charge is -2.42. The summed E-state index contributed by atoms with van der Waals surface area (Å²) >= 11 is 0. The molecule has 3 N–H and O–H groups in total. The lowest BCUT2D eigenvalue weighted by Crippen LogP contribution is -2.54. The van der Waals surface area contributed by atoms with Crippen LogP contribution in [0.25, 0.3) is 0 Å². The number of nitro benzene ring substituents is 1. The minimum Gasteiger partial charge on any atom is -0.385 e. The summed E-state index contributed by atoms with van der Waals surface area (Å²) in [7, 11) is 0. The lowest BCUT2D eigenvalue weighted by molar-refractivity contribution is -0.384. The number of halogens is 1. The molecular formula is C17H27ClN4O3. The molecular weight excluding hydrogens is 344 g/mol. The zero-order valence-corrected chi connectivity index (χ0v) is 15.6. The number of nitrogens with zero attached hydrogens (tertiary/aromatic N) is 2. The van der Waals surface area contributed by atoms with Crippen molar-refractivity contribution in [2.24, 2.45) is 11.1 Å². The van der Waals surface area contributed by atoms with Crippen molar-refractivity contribution in [1.82, 2.24) is 4.90 Å². The Labute approximate surface area is 154 Å². The Balaban J connectivity index is 0.00000312. The van der Waals surface area contributed by atoms with E-state index in [0.717, 1.165) is 25.1 Å². The number of piperidine rings is 1. The highest BCUT2D eigenvalue weighted by Crippen LogP contribution is 2.28. The van der Waals surface area contributed by atoms with E-state index in [0.29, 0.717) is 19.5 Å². The number of benzene rings is 1. The van der Waals surface area contributed by atoms with E-state index in [1.807, 2.05) is 4.90 Å². The number of carbonyl (C=O) groups excluding carboxylic acids is 1. The molecule has 0 bridgehead atoms. The molecule has 1 aliphatic heterocycles. The maximum Gasteiger partial charge on any atom is 0.269 e. The first-order valence-electron chi connectivity index (χ1n) is 8.31. The number of nitrogens with two attached hydrogens (primary N) is 1. The fourth-order valence-corrected chi connectivity index (χ4v) is 2.92. The Kier molecular flexibility index (Phi) is 7.63. The molecule has 2 rings (SSSR count). The third-order valence-corrected chi connectivity index (χ3v) is 4.64. The summed E-state index contributed by atoms with van der Waals surface area (Å²) in [5, 5.41) is 13.8. The van der Waals surface area contributed by atoms with Gasteiger partial charge in [-0.05, 0) is 30.4 Å². The van der Waals surface area contributed by atoms with Crippen LogP contribution in [0.3, 0.4) is 0 Å². The molecule has 0 aromatic heterocycles. The second kappa shape index (κ2) is 9.01. The number of anilines is 1. The van der Waals surface area contributed by atoms with Gasteiger partial charge in [0.15, 0.2) is 0 Å². The number of nitrogens with one attached hydrogen (secondary N) is 1. The predicted octanol–water partition coefficient (Wildman–Crippen LogP) is 2.79. The Morgan fingerprint density at radius 3 is 2.60 bits per heavy atom. The Hall–Kier alpha value is -1.86. The zero-order valence-electron chi connectivity index (χ0n) is 14.7. The van der Waals surface area contributed by atoms with Crippen molar-refractivity contribution in [2.75, 3.05) is 25.0 Å². The van der Waals surface area contributed by atoms with Crippen LogP contribution < -0.4 is 11.1 Å². The summed E-state index contributed by atoms with van der Waals surface area (Å²) in [5.74, 6) is 0.167. The highest BCUT2D eigenvalue weighted by Gasteiger charge is 2.34. The summed E-state index contributed by atoms with van der Waals surface area (Å²) in [4.78, 5) is 24.4. The van der Waals surface area contributed by atoms with Crippen molar-refractivity contribution < 1.29 is 9.72 Å². The number of amides is 1. The standard InChI is InChI=1S/C17H26N4O3.ClH/c1-17(2)12-20(11-9-15(17)18)16(22)4-3-10-19-13-5-7-14(8-6-13)21(23)24;/h5-8,15,19H,3-4,9-12,18H2,1-2H3;1H. The Morgan fingerprint density at radius 1 is 1.40 bits per heavy atom. The molecule has 1 aliphatic rings. The monoisotopic (exact) mass is 370 g/mol. The minimum atomic E-state index is -0.422. The SMILES string of the molecule is CC1(C)CN(C(=O)CCCNc2ccc([N+](=O)[O-])cc2)CCC1N.Cl. The summed E-state index contributed by atoms with van der Waals surface area (Å²) in [5.41, 5.74) is 6.95. The van der Waals surface area contributed by atoms with Gasteiger partial charge in [-0.3, -0.25) is 14.9 Å². The third kappa shape index (κ3) is 5.86. The number of non-ortho nitro benzene ring substituents is 1. The van der Waals surface area contributed by atoms with Crippen molar-refractivity contribution in [3.8, 4) is 0 Å². The van der Waals surface area contributed by atoms with E-state index in [1.54, 1.807) is 12.1 Å². The number of hydrogen-bond donors (Lipinski definition) is 2. The molecule has 0 aliphatic carbocycles. The molecule has 7 nitrogen and oxygen atoms in total. The van der Waals surface area contributed by atoms with Crippen LogP contribution in [-0.4, -0.2) is 41.4 Å². The van der Waals surface area contributed by atoms with Crippen molar-refractivity contribution in [3.05, 3.63) is 34.4 Å². The number of hydrogen-bond acceptors (Lipinski definition) is 5. The van der Waals surface area contributed by atoms with Crippen molar-refractivity contribution in [2.45, 2.75) is 39.2 Å². The van der Waals surface area contributed by atoms with Crippen LogP contribution in [0.4, 0.5) is 11.4 Å². The van der Waals surface area contributed by atoms with E-state index in [4.69, 9.17) is 5.73 Å². The van der Waals surface area contributed by atoms with Crippen molar-refractivity contribution >= 4 is 29.7 Å². The van der Waals surface area contributed by atoms with Gasteiger partial charge in [-0.25, -0.2) is 0 Å². The number of carbonyl (C=O) groups is 1. The molecule has 25 heavy (non-hydrogen) atoms. The van der Waals surface area contributed by atoms with Gasteiger partial charge in [0.1, 0.15) is 0 Å². The molecule has 1 aromatic rings. The van der Waals surface area contributed by atoms with Gasteiger partial charge in [-0.15, -0.1) is 12.4 Å². The molecule has 0 spiro atoms. The number of likely N-dealkylation sites (tertiary alicyclic amines) is 1. The first-order chi connectivity index (χ1) is 11.3. The second-order valence-corrected chi connectivity index (χ2v) is 7.03. The third-order valence-electron chi connectivity index (χ3n) is 4.64. The molecule has 140 valence electrons. The molecule has 1 heterocycles. The summed E-state index contributed by atoms with van der Waals surface area (Å²) in [6, 6.07) is 6.42. The van der Waals surface area contributed by atoms with Gasteiger partial charge in [0.05, 0.1) is 4.92 Å². The van der Waals surface area contributed by atoms with Gasteiger partial charge in [0, 0.05) is 49.9 Å². The zero-order chi connectivity index (χ0) is 17.7. The van der Waals surface area contributed by atoms with Gasteiger partial charge in [0.2, 0.25) is 5.91 Å².